The number of rotatable bonds is 5. The van der Waals surface area contributed by atoms with Crippen LogP contribution in [0.1, 0.15) is 42.8 Å². The summed E-state index contributed by atoms with van der Waals surface area (Å²) in [6, 6.07) is 11.2. The highest BCUT2D eigenvalue weighted by atomic mass is 32.1. The van der Waals surface area contributed by atoms with E-state index in [1.165, 1.54) is 10.4 Å². The summed E-state index contributed by atoms with van der Waals surface area (Å²) in [5, 5.41) is 5.84. The molecule has 1 N–H and O–H groups in total. The molecule has 2 aromatic rings. The quantitative estimate of drug-likeness (QED) is 0.892. The van der Waals surface area contributed by atoms with Gasteiger partial charge in [0.2, 0.25) is 0 Å². The summed E-state index contributed by atoms with van der Waals surface area (Å²) in [4.78, 5) is 1.39. The van der Waals surface area contributed by atoms with Crippen LogP contribution in [0.3, 0.4) is 0 Å². The Kier molecular flexibility index (Phi) is 4.46. The summed E-state index contributed by atoms with van der Waals surface area (Å²) in [5.41, 5.74) is 1.23. The summed E-state index contributed by atoms with van der Waals surface area (Å²) in [5.74, 6) is 1.71. The van der Waals surface area contributed by atoms with Gasteiger partial charge < -0.3 is 14.8 Å². The smallest absolute Gasteiger partial charge is 0.161 e. The lowest BCUT2D eigenvalue weighted by Crippen LogP contribution is -2.24. The molecule has 2 heterocycles. The van der Waals surface area contributed by atoms with E-state index in [0.717, 1.165) is 17.9 Å². The zero-order valence-corrected chi connectivity index (χ0v) is 13.3. The lowest BCUT2D eigenvalue weighted by atomic mass is 10.0. The zero-order valence-electron chi connectivity index (χ0n) is 12.5. The Morgan fingerprint density at radius 1 is 1.19 bits per heavy atom. The SMILES string of the molecule is CCC(NC(C)c1ccc2c(c1)OCCO2)c1cccs1. The molecule has 2 unspecified atom stereocenters. The Hall–Kier alpha value is -1.52. The summed E-state index contributed by atoms with van der Waals surface area (Å²) < 4.78 is 11.2. The molecule has 21 heavy (non-hydrogen) atoms. The van der Waals surface area contributed by atoms with E-state index in [4.69, 9.17) is 9.47 Å². The second-order valence-corrected chi connectivity index (χ2v) is 6.25. The molecule has 3 rings (SSSR count). The Bertz CT molecular complexity index is 582. The minimum Gasteiger partial charge on any atom is -0.486 e. The molecule has 0 spiro atoms. The van der Waals surface area contributed by atoms with Crippen molar-refractivity contribution in [1.29, 1.82) is 0 Å². The maximum atomic E-state index is 5.67. The fraction of sp³-hybridized carbons (Fsp3) is 0.412. The van der Waals surface area contributed by atoms with Crippen molar-refractivity contribution in [3.05, 3.63) is 46.2 Å². The molecule has 0 fully saturated rings. The lowest BCUT2D eigenvalue weighted by Gasteiger charge is -2.24. The van der Waals surface area contributed by atoms with Crippen molar-refractivity contribution in [2.75, 3.05) is 13.2 Å². The van der Waals surface area contributed by atoms with E-state index >= 15 is 0 Å². The molecular formula is C17H21NO2S. The topological polar surface area (TPSA) is 30.5 Å². The van der Waals surface area contributed by atoms with Gasteiger partial charge in [0.25, 0.3) is 0 Å². The third-order valence-corrected chi connectivity index (χ3v) is 4.80. The number of ether oxygens (including phenoxy) is 2. The van der Waals surface area contributed by atoms with E-state index in [-0.39, 0.29) is 6.04 Å². The average Bonchev–Trinajstić information content (AvgIpc) is 3.06. The molecule has 0 aliphatic carbocycles. The number of fused-ring (bicyclic) bond motifs is 1. The summed E-state index contributed by atoms with van der Waals surface area (Å²) in [6.07, 6.45) is 1.08. The minimum absolute atomic E-state index is 0.271. The first-order valence-corrected chi connectivity index (χ1v) is 8.35. The van der Waals surface area contributed by atoms with Gasteiger partial charge >= 0.3 is 0 Å². The van der Waals surface area contributed by atoms with E-state index in [2.05, 4.69) is 48.8 Å². The van der Waals surface area contributed by atoms with Crippen LogP contribution in [0.4, 0.5) is 0 Å². The first kappa shape index (κ1) is 14.4. The van der Waals surface area contributed by atoms with Crippen molar-refractivity contribution in [2.45, 2.75) is 32.4 Å². The zero-order chi connectivity index (χ0) is 14.7. The van der Waals surface area contributed by atoms with Gasteiger partial charge in [-0.1, -0.05) is 19.1 Å². The van der Waals surface area contributed by atoms with Crippen LogP contribution in [0.2, 0.25) is 0 Å². The maximum Gasteiger partial charge on any atom is 0.161 e. The van der Waals surface area contributed by atoms with Crippen LogP contribution in [0.15, 0.2) is 35.7 Å². The second kappa shape index (κ2) is 6.50. The second-order valence-electron chi connectivity index (χ2n) is 5.27. The Morgan fingerprint density at radius 2 is 2.00 bits per heavy atom. The van der Waals surface area contributed by atoms with Crippen molar-refractivity contribution in [3.63, 3.8) is 0 Å². The first-order chi connectivity index (χ1) is 10.3. The molecule has 1 aromatic heterocycles. The predicted molar refractivity (Wildman–Crippen MR) is 86.3 cm³/mol. The fourth-order valence-corrected chi connectivity index (χ4v) is 3.49. The molecule has 0 radical (unpaired) electrons. The van der Waals surface area contributed by atoms with Gasteiger partial charge in [0.1, 0.15) is 13.2 Å². The number of benzene rings is 1. The molecule has 1 aliphatic heterocycles. The van der Waals surface area contributed by atoms with Crippen molar-refractivity contribution < 1.29 is 9.47 Å². The van der Waals surface area contributed by atoms with E-state index in [1.807, 2.05) is 17.4 Å². The molecular weight excluding hydrogens is 282 g/mol. The molecule has 2 atom stereocenters. The molecule has 0 saturated heterocycles. The number of hydrogen-bond donors (Lipinski definition) is 1. The normalized spacial score (nSPS) is 16.5. The molecule has 1 aliphatic rings. The largest absolute Gasteiger partial charge is 0.486 e. The molecule has 1 aromatic carbocycles. The highest BCUT2D eigenvalue weighted by Gasteiger charge is 2.17. The van der Waals surface area contributed by atoms with Gasteiger partial charge in [0, 0.05) is 17.0 Å². The molecule has 0 bridgehead atoms. The third-order valence-electron chi connectivity index (χ3n) is 3.81. The van der Waals surface area contributed by atoms with E-state index in [1.54, 1.807) is 0 Å². The van der Waals surface area contributed by atoms with Crippen LogP contribution in [0.25, 0.3) is 0 Å². The van der Waals surface area contributed by atoms with Gasteiger partial charge in [-0.05, 0) is 42.5 Å². The maximum absolute atomic E-state index is 5.67. The average molecular weight is 303 g/mol. The van der Waals surface area contributed by atoms with Gasteiger partial charge in [-0.2, -0.15) is 0 Å². The van der Waals surface area contributed by atoms with Gasteiger partial charge in [-0.15, -0.1) is 11.3 Å². The molecule has 4 heteroatoms. The van der Waals surface area contributed by atoms with Crippen molar-refractivity contribution in [3.8, 4) is 11.5 Å². The molecule has 0 amide bonds. The summed E-state index contributed by atoms with van der Waals surface area (Å²) in [6.45, 7) is 5.68. The first-order valence-electron chi connectivity index (χ1n) is 7.47. The van der Waals surface area contributed by atoms with Crippen molar-refractivity contribution in [2.24, 2.45) is 0 Å². The van der Waals surface area contributed by atoms with Crippen LogP contribution >= 0.6 is 11.3 Å². The van der Waals surface area contributed by atoms with Crippen LogP contribution in [-0.4, -0.2) is 13.2 Å². The van der Waals surface area contributed by atoms with Crippen LogP contribution in [0, 0.1) is 0 Å². The Balaban J connectivity index is 1.74. The fourth-order valence-electron chi connectivity index (χ4n) is 2.62. The van der Waals surface area contributed by atoms with E-state index in [0.29, 0.717) is 19.3 Å². The minimum atomic E-state index is 0.271. The number of hydrogen-bond acceptors (Lipinski definition) is 4. The summed E-state index contributed by atoms with van der Waals surface area (Å²) >= 11 is 1.81. The highest BCUT2D eigenvalue weighted by molar-refractivity contribution is 7.10. The van der Waals surface area contributed by atoms with Crippen molar-refractivity contribution >= 4 is 11.3 Å². The summed E-state index contributed by atoms with van der Waals surface area (Å²) in [7, 11) is 0. The van der Waals surface area contributed by atoms with Crippen molar-refractivity contribution in [1.82, 2.24) is 5.32 Å². The van der Waals surface area contributed by atoms with Crippen LogP contribution in [-0.2, 0) is 0 Å². The van der Waals surface area contributed by atoms with Gasteiger partial charge in [0.05, 0.1) is 0 Å². The van der Waals surface area contributed by atoms with Crippen LogP contribution < -0.4 is 14.8 Å². The molecule has 112 valence electrons. The molecule has 0 saturated carbocycles. The standard InChI is InChI=1S/C17H21NO2S/c1-3-14(17-5-4-10-21-17)18-12(2)13-6-7-15-16(11-13)20-9-8-19-15/h4-7,10-12,14,18H,3,8-9H2,1-2H3. The number of thiophene rings is 1. The van der Waals surface area contributed by atoms with E-state index < -0.39 is 0 Å². The van der Waals surface area contributed by atoms with Crippen LogP contribution in [0.5, 0.6) is 11.5 Å². The predicted octanol–water partition coefficient (Wildman–Crippen LogP) is 4.32. The number of nitrogens with one attached hydrogen (secondary N) is 1. The Morgan fingerprint density at radius 3 is 2.71 bits per heavy atom. The molecule has 3 nitrogen and oxygen atoms in total. The van der Waals surface area contributed by atoms with Gasteiger partial charge in [-0.25, -0.2) is 0 Å². The lowest BCUT2D eigenvalue weighted by molar-refractivity contribution is 0.171. The van der Waals surface area contributed by atoms with Gasteiger partial charge in [-0.3, -0.25) is 0 Å². The highest BCUT2D eigenvalue weighted by Crippen LogP contribution is 2.33. The third kappa shape index (κ3) is 3.22. The Labute approximate surface area is 129 Å². The van der Waals surface area contributed by atoms with E-state index in [9.17, 15) is 0 Å². The van der Waals surface area contributed by atoms with Gasteiger partial charge in [0.15, 0.2) is 11.5 Å². The monoisotopic (exact) mass is 303 g/mol.